The molecule has 1 heterocycles. The zero-order valence-corrected chi connectivity index (χ0v) is 13.0. The number of rotatable bonds is 4. The third kappa shape index (κ3) is 2.93. The van der Waals surface area contributed by atoms with Crippen molar-refractivity contribution in [1.82, 2.24) is 20.1 Å². The molecule has 1 N–H and O–H groups in total. The van der Waals surface area contributed by atoms with Gasteiger partial charge in [-0.2, -0.15) is 0 Å². The summed E-state index contributed by atoms with van der Waals surface area (Å²) in [6.45, 7) is 2.81. The molecule has 0 bridgehead atoms. The lowest BCUT2D eigenvalue weighted by atomic mass is 10.2. The van der Waals surface area contributed by atoms with E-state index in [4.69, 9.17) is 0 Å². The summed E-state index contributed by atoms with van der Waals surface area (Å²) in [6, 6.07) is 6.35. The number of hydrogen-bond donors (Lipinski definition) is 1. The number of benzene rings is 1. The Bertz CT molecular complexity index is 553. The molecule has 0 atom stereocenters. The number of aryl methyl sites for hydroxylation is 1. The largest absolute Gasteiger partial charge is 0.316 e. The summed E-state index contributed by atoms with van der Waals surface area (Å²) in [6.07, 6.45) is 0. The van der Waals surface area contributed by atoms with Crippen molar-refractivity contribution < 1.29 is 0 Å². The first-order valence-corrected chi connectivity index (χ1v) is 7.19. The van der Waals surface area contributed by atoms with Gasteiger partial charge in [-0.1, -0.05) is 6.07 Å². The lowest BCUT2D eigenvalue weighted by Gasteiger charge is -2.06. The van der Waals surface area contributed by atoms with E-state index in [9.17, 15) is 0 Å². The van der Waals surface area contributed by atoms with Crippen molar-refractivity contribution in [2.75, 3.05) is 7.05 Å². The Hall–Kier alpha value is -0.850. The number of nitrogens with zero attached hydrogens (tertiary/aromatic N) is 3. The van der Waals surface area contributed by atoms with Crippen LogP contribution in [0, 0.1) is 6.92 Å². The first kappa shape index (κ1) is 13.6. The van der Waals surface area contributed by atoms with E-state index in [1.54, 1.807) is 11.8 Å². The molecule has 96 valence electrons. The van der Waals surface area contributed by atoms with Crippen LogP contribution >= 0.6 is 27.7 Å². The Morgan fingerprint density at radius 3 is 2.72 bits per heavy atom. The second-order valence-electron chi connectivity index (χ2n) is 3.99. The van der Waals surface area contributed by atoms with Crippen LogP contribution in [0.5, 0.6) is 0 Å². The lowest BCUT2D eigenvalue weighted by Crippen LogP contribution is -2.04. The van der Waals surface area contributed by atoms with Crippen molar-refractivity contribution in [3.63, 3.8) is 0 Å². The molecule has 0 aliphatic carbocycles. The topological polar surface area (TPSA) is 42.7 Å². The summed E-state index contributed by atoms with van der Waals surface area (Å²) in [4.78, 5) is 1.14. The van der Waals surface area contributed by atoms with Crippen LogP contribution in [-0.4, -0.2) is 21.8 Å². The molecule has 4 nitrogen and oxygen atoms in total. The molecule has 0 saturated heterocycles. The molecule has 2 rings (SSSR count). The van der Waals surface area contributed by atoms with Crippen LogP contribution in [0.15, 0.2) is 32.7 Å². The van der Waals surface area contributed by atoms with Crippen LogP contribution in [0.4, 0.5) is 0 Å². The van der Waals surface area contributed by atoms with Gasteiger partial charge in [0.05, 0.1) is 0 Å². The van der Waals surface area contributed by atoms with E-state index >= 15 is 0 Å². The molecule has 0 saturated carbocycles. The summed E-state index contributed by atoms with van der Waals surface area (Å²) in [5.41, 5.74) is 1.25. The highest BCUT2D eigenvalue weighted by Gasteiger charge is 2.09. The van der Waals surface area contributed by atoms with Crippen LogP contribution in [0.2, 0.25) is 0 Å². The number of halogens is 1. The monoisotopic (exact) mass is 326 g/mol. The summed E-state index contributed by atoms with van der Waals surface area (Å²) >= 11 is 5.21. The van der Waals surface area contributed by atoms with Gasteiger partial charge < -0.3 is 9.88 Å². The molecule has 1 aromatic heterocycles. The second-order valence-corrected chi connectivity index (χ2v) is 5.85. The van der Waals surface area contributed by atoms with Crippen molar-refractivity contribution in [3.8, 4) is 0 Å². The summed E-state index contributed by atoms with van der Waals surface area (Å²) in [5, 5.41) is 12.2. The van der Waals surface area contributed by atoms with E-state index in [1.165, 1.54) is 5.56 Å². The van der Waals surface area contributed by atoms with Gasteiger partial charge >= 0.3 is 0 Å². The maximum absolute atomic E-state index is 4.15. The van der Waals surface area contributed by atoms with Crippen LogP contribution < -0.4 is 5.32 Å². The molecule has 6 heteroatoms. The summed E-state index contributed by atoms with van der Waals surface area (Å²) in [7, 11) is 3.92. The molecule has 18 heavy (non-hydrogen) atoms. The molecule has 0 fully saturated rings. The lowest BCUT2D eigenvalue weighted by molar-refractivity contribution is 0.765. The number of aromatic nitrogens is 3. The zero-order chi connectivity index (χ0) is 13.1. The van der Waals surface area contributed by atoms with Crippen LogP contribution in [-0.2, 0) is 13.6 Å². The van der Waals surface area contributed by atoms with Crippen molar-refractivity contribution in [2.24, 2.45) is 7.05 Å². The fourth-order valence-corrected chi connectivity index (χ4v) is 3.03. The van der Waals surface area contributed by atoms with E-state index < -0.39 is 0 Å². The Kier molecular flexibility index (Phi) is 4.42. The minimum Gasteiger partial charge on any atom is -0.316 e. The average molecular weight is 327 g/mol. The fourth-order valence-electron chi connectivity index (χ4n) is 1.52. The first-order valence-electron chi connectivity index (χ1n) is 5.58. The van der Waals surface area contributed by atoms with Crippen molar-refractivity contribution in [1.29, 1.82) is 0 Å². The van der Waals surface area contributed by atoms with E-state index in [-0.39, 0.29) is 0 Å². The minimum atomic E-state index is 0.868. The zero-order valence-electron chi connectivity index (χ0n) is 10.6. The van der Waals surface area contributed by atoms with Crippen molar-refractivity contribution in [3.05, 3.63) is 34.1 Å². The predicted octanol–water partition coefficient (Wildman–Crippen LogP) is 2.76. The SMILES string of the molecule is CNCc1ccc(Sc2nnc(C)n2C)c(Br)c1. The van der Waals surface area contributed by atoms with Gasteiger partial charge in [-0.05, 0) is 59.4 Å². The third-order valence-electron chi connectivity index (χ3n) is 2.63. The highest BCUT2D eigenvalue weighted by Crippen LogP contribution is 2.33. The average Bonchev–Trinajstić information content (AvgIpc) is 2.65. The van der Waals surface area contributed by atoms with E-state index in [2.05, 4.69) is 49.6 Å². The molecule has 0 radical (unpaired) electrons. The maximum Gasteiger partial charge on any atom is 0.195 e. The molecular weight excluding hydrogens is 312 g/mol. The standard InChI is InChI=1S/C12H15BrN4S/c1-8-15-16-12(17(8)3)18-11-5-4-9(7-14-2)6-10(11)13/h4-6,14H,7H2,1-3H3. The Morgan fingerprint density at radius 2 is 2.17 bits per heavy atom. The highest BCUT2D eigenvalue weighted by molar-refractivity contribution is 9.10. The second kappa shape index (κ2) is 5.86. The molecule has 0 amide bonds. The maximum atomic E-state index is 4.15. The third-order valence-corrected chi connectivity index (χ3v) is 4.66. The van der Waals surface area contributed by atoms with Gasteiger partial charge in [0, 0.05) is 23.0 Å². The minimum absolute atomic E-state index is 0.868. The molecule has 0 spiro atoms. The molecule has 2 aromatic rings. The first-order chi connectivity index (χ1) is 8.61. The molecule has 1 aromatic carbocycles. The highest BCUT2D eigenvalue weighted by atomic mass is 79.9. The molecular formula is C12H15BrN4S. The summed E-state index contributed by atoms with van der Waals surface area (Å²) in [5.74, 6) is 0.917. The van der Waals surface area contributed by atoms with E-state index in [1.807, 2.05) is 25.6 Å². The quantitative estimate of drug-likeness (QED) is 0.938. The fraction of sp³-hybridized carbons (Fsp3) is 0.333. The normalized spacial score (nSPS) is 10.9. The van der Waals surface area contributed by atoms with Gasteiger partial charge in [-0.25, -0.2) is 0 Å². The van der Waals surface area contributed by atoms with Crippen LogP contribution in [0.1, 0.15) is 11.4 Å². The van der Waals surface area contributed by atoms with Gasteiger partial charge in [-0.3, -0.25) is 0 Å². The van der Waals surface area contributed by atoms with Gasteiger partial charge in [0.15, 0.2) is 5.16 Å². The predicted molar refractivity (Wildman–Crippen MR) is 76.8 cm³/mol. The smallest absolute Gasteiger partial charge is 0.195 e. The number of hydrogen-bond acceptors (Lipinski definition) is 4. The number of nitrogens with one attached hydrogen (secondary N) is 1. The van der Waals surface area contributed by atoms with Gasteiger partial charge in [-0.15, -0.1) is 10.2 Å². The van der Waals surface area contributed by atoms with E-state index in [0.29, 0.717) is 0 Å². The van der Waals surface area contributed by atoms with Crippen LogP contribution in [0.25, 0.3) is 0 Å². The molecule has 0 aliphatic rings. The van der Waals surface area contributed by atoms with E-state index in [0.717, 1.165) is 26.9 Å². The molecule has 0 aliphatic heterocycles. The van der Waals surface area contributed by atoms with Crippen LogP contribution in [0.3, 0.4) is 0 Å². The Morgan fingerprint density at radius 1 is 1.39 bits per heavy atom. The van der Waals surface area contributed by atoms with Gasteiger partial charge in [0.2, 0.25) is 0 Å². The van der Waals surface area contributed by atoms with Crippen molar-refractivity contribution in [2.45, 2.75) is 23.5 Å². The Balaban J connectivity index is 2.22. The molecule has 0 unspecified atom stereocenters. The van der Waals surface area contributed by atoms with Crippen molar-refractivity contribution >= 4 is 27.7 Å². The Labute approximate surface area is 119 Å². The van der Waals surface area contributed by atoms with Gasteiger partial charge in [0.25, 0.3) is 0 Å². The van der Waals surface area contributed by atoms with Gasteiger partial charge in [0.1, 0.15) is 5.82 Å². The summed E-state index contributed by atoms with van der Waals surface area (Å²) < 4.78 is 3.07.